The Morgan fingerprint density at radius 2 is 1.95 bits per heavy atom. The van der Waals surface area contributed by atoms with Crippen molar-refractivity contribution in [2.75, 3.05) is 0 Å². The fraction of sp³-hybridized carbons (Fsp3) is 0.375. The van der Waals surface area contributed by atoms with Gasteiger partial charge in [-0.25, -0.2) is 0 Å². The second-order valence-electron chi connectivity index (χ2n) is 5.38. The third-order valence-corrected chi connectivity index (χ3v) is 6.35. The van der Waals surface area contributed by atoms with Crippen molar-refractivity contribution in [1.82, 2.24) is 0 Å². The van der Waals surface area contributed by atoms with E-state index in [9.17, 15) is 0 Å². The zero-order valence-corrected chi connectivity index (χ0v) is 13.2. The molecule has 0 radical (unpaired) electrons. The van der Waals surface area contributed by atoms with E-state index in [0.717, 1.165) is 6.42 Å². The van der Waals surface area contributed by atoms with Crippen molar-refractivity contribution in [2.45, 2.75) is 37.1 Å². The fourth-order valence-corrected chi connectivity index (χ4v) is 4.64. The predicted octanol–water partition coefficient (Wildman–Crippen LogP) is 4.50. The van der Waals surface area contributed by atoms with Crippen LogP contribution in [-0.2, 0) is 11.8 Å². The monoisotopic (exact) mass is 335 g/mol. The van der Waals surface area contributed by atoms with Gasteiger partial charge < -0.3 is 5.73 Å². The summed E-state index contributed by atoms with van der Waals surface area (Å²) in [6, 6.07) is 13.1. The van der Waals surface area contributed by atoms with E-state index in [-0.39, 0.29) is 11.5 Å². The van der Waals surface area contributed by atoms with Gasteiger partial charge in [-0.2, -0.15) is 0 Å². The molecule has 0 bridgehead atoms. The van der Waals surface area contributed by atoms with Crippen molar-refractivity contribution >= 4 is 27.3 Å². The summed E-state index contributed by atoms with van der Waals surface area (Å²) in [5.41, 5.74) is 8.21. The second-order valence-corrected chi connectivity index (χ2v) is 7.23. The highest BCUT2D eigenvalue weighted by atomic mass is 79.9. The minimum absolute atomic E-state index is 0.199. The maximum absolute atomic E-state index is 6.59. The molecule has 2 N–H and O–H groups in total. The molecule has 1 nitrogen and oxygen atoms in total. The molecule has 0 spiro atoms. The van der Waals surface area contributed by atoms with Gasteiger partial charge in [0.15, 0.2) is 0 Å². The van der Waals surface area contributed by atoms with Gasteiger partial charge in [-0.3, -0.25) is 0 Å². The lowest BCUT2D eigenvalue weighted by Gasteiger charge is -2.47. The van der Waals surface area contributed by atoms with Crippen LogP contribution in [0.25, 0.3) is 0 Å². The molecule has 19 heavy (non-hydrogen) atoms. The minimum Gasteiger partial charge on any atom is -0.327 e. The van der Waals surface area contributed by atoms with Crippen LogP contribution in [0.4, 0.5) is 0 Å². The van der Waals surface area contributed by atoms with Crippen LogP contribution in [0, 0.1) is 0 Å². The van der Waals surface area contributed by atoms with Crippen LogP contribution >= 0.6 is 27.3 Å². The summed E-state index contributed by atoms with van der Waals surface area (Å²) in [6.45, 7) is 0. The first-order valence-electron chi connectivity index (χ1n) is 6.75. The molecule has 1 fully saturated rings. The van der Waals surface area contributed by atoms with Crippen molar-refractivity contribution in [2.24, 2.45) is 5.73 Å². The maximum atomic E-state index is 6.59. The normalized spacial score (nSPS) is 18.8. The first-order valence-corrected chi connectivity index (χ1v) is 8.43. The molecule has 0 saturated heterocycles. The van der Waals surface area contributed by atoms with Crippen molar-refractivity contribution in [3.63, 3.8) is 0 Å². The van der Waals surface area contributed by atoms with E-state index >= 15 is 0 Å². The fourth-order valence-electron chi connectivity index (χ4n) is 3.07. The van der Waals surface area contributed by atoms with Crippen molar-refractivity contribution in [3.8, 4) is 0 Å². The molecule has 1 aliphatic rings. The average Bonchev–Trinajstić information content (AvgIpc) is 2.75. The summed E-state index contributed by atoms with van der Waals surface area (Å²) in [5.74, 6) is 0. The van der Waals surface area contributed by atoms with E-state index in [0.29, 0.717) is 0 Å². The van der Waals surface area contributed by atoms with Crippen molar-refractivity contribution < 1.29 is 0 Å². The highest BCUT2D eigenvalue weighted by molar-refractivity contribution is 9.10. The molecule has 0 amide bonds. The lowest BCUT2D eigenvalue weighted by molar-refractivity contribution is 0.195. The standard InChI is InChI=1S/C16H18BrNS/c17-13-7-10-19-14(13)11-15(18)16(8-4-9-16)12-5-2-1-3-6-12/h1-3,5-7,10,15H,4,8-9,11,18H2. The van der Waals surface area contributed by atoms with Gasteiger partial charge in [0.25, 0.3) is 0 Å². The van der Waals surface area contributed by atoms with Crippen molar-refractivity contribution in [3.05, 3.63) is 56.7 Å². The van der Waals surface area contributed by atoms with Gasteiger partial charge in [0, 0.05) is 20.8 Å². The van der Waals surface area contributed by atoms with E-state index in [1.165, 1.54) is 34.2 Å². The Balaban J connectivity index is 1.84. The summed E-state index contributed by atoms with van der Waals surface area (Å²) < 4.78 is 1.20. The Morgan fingerprint density at radius 3 is 2.47 bits per heavy atom. The zero-order valence-electron chi connectivity index (χ0n) is 10.8. The van der Waals surface area contributed by atoms with Crippen LogP contribution in [-0.4, -0.2) is 6.04 Å². The number of halogens is 1. The average molecular weight is 336 g/mol. The van der Waals surface area contributed by atoms with E-state index in [4.69, 9.17) is 5.73 Å². The minimum atomic E-state index is 0.199. The Labute approximate surface area is 127 Å². The molecule has 3 heteroatoms. The van der Waals surface area contributed by atoms with Gasteiger partial charge in [0.05, 0.1) is 0 Å². The molecule has 0 aliphatic heterocycles. The quantitative estimate of drug-likeness (QED) is 0.874. The topological polar surface area (TPSA) is 26.0 Å². The molecule has 100 valence electrons. The van der Waals surface area contributed by atoms with E-state index in [2.05, 4.69) is 57.7 Å². The number of hydrogen-bond donors (Lipinski definition) is 1. The van der Waals surface area contributed by atoms with Gasteiger partial charge in [0.1, 0.15) is 0 Å². The van der Waals surface area contributed by atoms with Crippen LogP contribution in [0.15, 0.2) is 46.3 Å². The SMILES string of the molecule is NC(Cc1sccc1Br)C1(c2ccccc2)CCC1. The predicted molar refractivity (Wildman–Crippen MR) is 85.7 cm³/mol. The van der Waals surface area contributed by atoms with Crippen LogP contribution in [0.5, 0.6) is 0 Å². The molecule has 2 aromatic rings. The molecular weight excluding hydrogens is 318 g/mol. The molecular formula is C16H18BrNS. The van der Waals surface area contributed by atoms with Crippen LogP contribution < -0.4 is 5.73 Å². The van der Waals surface area contributed by atoms with Gasteiger partial charge in [-0.05, 0) is 52.2 Å². The summed E-state index contributed by atoms with van der Waals surface area (Å²) in [6.07, 6.45) is 4.71. The summed E-state index contributed by atoms with van der Waals surface area (Å²) in [7, 11) is 0. The highest BCUT2D eigenvalue weighted by Gasteiger charge is 2.43. The number of thiophene rings is 1. The molecule has 1 heterocycles. The summed E-state index contributed by atoms with van der Waals surface area (Å²) in [5, 5.41) is 2.13. The zero-order chi connectivity index (χ0) is 13.3. The first-order chi connectivity index (χ1) is 9.22. The van der Waals surface area contributed by atoms with Gasteiger partial charge in [-0.1, -0.05) is 36.8 Å². The summed E-state index contributed by atoms with van der Waals surface area (Å²) >= 11 is 5.41. The van der Waals surface area contributed by atoms with Crippen LogP contribution in [0.1, 0.15) is 29.7 Å². The third kappa shape index (κ3) is 2.39. The Hall–Kier alpha value is -0.640. The summed E-state index contributed by atoms with van der Waals surface area (Å²) in [4.78, 5) is 1.37. The second kappa shape index (κ2) is 5.39. The number of nitrogens with two attached hydrogens (primary N) is 1. The molecule has 1 unspecified atom stereocenters. The smallest absolute Gasteiger partial charge is 0.0314 e. The van der Waals surface area contributed by atoms with Crippen molar-refractivity contribution in [1.29, 1.82) is 0 Å². The van der Waals surface area contributed by atoms with Gasteiger partial charge in [-0.15, -0.1) is 11.3 Å². The molecule has 1 aliphatic carbocycles. The Kier molecular flexibility index (Phi) is 3.79. The molecule has 3 rings (SSSR count). The molecule has 1 aromatic heterocycles. The van der Waals surface area contributed by atoms with Gasteiger partial charge >= 0.3 is 0 Å². The molecule has 1 saturated carbocycles. The Morgan fingerprint density at radius 1 is 1.21 bits per heavy atom. The number of benzene rings is 1. The highest BCUT2D eigenvalue weighted by Crippen LogP contribution is 2.47. The van der Waals surface area contributed by atoms with E-state index in [1.807, 2.05) is 0 Å². The van der Waals surface area contributed by atoms with Crippen LogP contribution in [0.3, 0.4) is 0 Å². The number of hydrogen-bond acceptors (Lipinski definition) is 2. The first kappa shape index (κ1) is 13.3. The van der Waals surface area contributed by atoms with E-state index < -0.39 is 0 Å². The third-order valence-electron chi connectivity index (χ3n) is 4.40. The van der Waals surface area contributed by atoms with Crippen LogP contribution in [0.2, 0.25) is 0 Å². The Bertz CT molecular complexity index is 545. The molecule has 1 atom stereocenters. The van der Waals surface area contributed by atoms with E-state index in [1.54, 1.807) is 11.3 Å². The largest absolute Gasteiger partial charge is 0.327 e. The maximum Gasteiger partial charge on any atom is 0.0314 e. The van der Waals surface area contributed by atoms with Gasteiger partial charge in [0.2, 0.25) is 0 Å². The lowest BCUT2D eigenvalue weighted by Crippen LogP contribution is -2.51. The molecule has 1 aromatic carbocycles. The lowest BCUT2D eigenvalue weighted by atomic mass is 9.59. The number of rotatable bonds is 4.